The number of phenols is 1. The quantitative estimate of drug-likeness (QED) is 0.401. The van der Waals surface area contributed by atoms with Gasteiger partial charge in [-0.05, 0) is 12.1 Å². The van der Waals surface area contributed by atoms with Gasteiger partial charge in [-0.2, -0.15) is 0 Å². The highest BCUT2D eigenvalue weighted by atomic mass is 16.4. The molecule has 0 saturated heterocycles. The molecule has 0 spiro atoms. The molecule has 0 radical (unpaired) electrons. The zero-order chi connectivity index (χ0) is 10.9. The maximum absolute atomic E-state index is 10.5. The van der Waals surface area contributed by atoms with Crippen LogP contribution in [0.25, 0.3) is 0 Å². The number of benzene rings is 1. The Bertz CT molecular complexity index is 373. The zero-order valence-corrected chi connectivity index (χ0v) is 6.89. The molecule has 74 valence electrons. The van der Waals surface area contributed by atoms with E-state index in [1.54, 1.807) is 0 Å². The lowest BCUT2D eigenvalue weighted by molar-refractivity contribution is 0.0679. The Morgan fingerprint density at radius 1 is 1.07 bits per heavy atom. The van der Waals surface area contributed by atoms with E-state index in [4.69, 9.17) is 21.1 Å². The molecule has 14 heavy (non-hydrogen) atoms. The van der Waals surface area contributed by atoms with Gasteiger partial charge in [-0.15, -0.1) is 0 Å². The number of nitrogens with two attached hydrogens (primary N) is 1. The van der Waals surface area contributed by atoms with Crippen molar-refractivity contribution in [2.24, 2.45) is 0 Å². The van der Waals surface area contributed by atoms with Gasteiger partial charge in [-0.3, -0.25) is 0 Å². The Morgan fingerprint density at radius 2 is 1.57 bits per heavy atom. The fourth-order valence-electron chi connectivity index (χ4n) is 0.962. The van der Waals surface area contributed by atoms with Crippen LogP contribution in [0.1, 0.15) is 20.7 Å². The van der Waals surface area contributed by atoms with E-state index >= 15 is 0 Å². The molecule has 0 aromatic heterocycles. The number of nitrogen functional groups attached to an aromatic ring is 1. The van der Waals surface area contributed by atoms with Crippen molar-refractivity contribution in [3.63, 3.8) is 0 Å². The highest BCUT2D eigenvalue weighted by molar-refractivity contribution is 5.99. The van der Waals surface area contributed by atoms with E-state index in [9.17, 15) is 9.59 Å². The van der Waals surface area contributed by atoms with Gasteiger partial charge in [0.25, 0.3) is 0 Å². The lowest BCUT2D eigenvalue weighted by Gasteiger charge is -2.04. The van der Waals surface area contributed by atoms with Crippen molar-refractivity contribution in [1.29, 1.82) is 0 Å². The van der Waals surface area contributed by atoms with Crippen LogP contribution in [0.4, 0.5) is 5.69 Å². The Balaban J connectivity index is 3.38. The number of anilines is 1. The third kappa shape index (κ3) is 1.58. The Morgan fingerprint density at radius 3 is 2.00 bits per heavy atom. The zero-order valence-electron chi connectivity index (χ0n) is 6.89. The minimum atomic E-state index is -1.37. The van der Waals surface area contributed by atoms with E-state index in [2.05, 4.69) is 0 Å². The second-order valence-corrected chi connectivity index (χ2v) is 2.57. The molecule has 1 rings (SSSR count). The Labute approximate surface area is 78.2 Å². The molecule has 1 aromatic rings. The second kappa shape index (κ2) is 3.25. The van der Waals surface area contributed by atoms with Crippen molar-refractivity contribution in [1.82, 2.24) is 0 Å². The number of rotatable bonds is 2. The highest BCUT2D eigenvalue weighted by Gasteiger charge is 2.16. The predicted molar refractivity (Wildman–Crippen MR) is 46.4 cm³/mol. The fraction of sp³-hybridized carbons (Fsp3) is 0. The maximum Gasteiger partial charge on any atom is 0.339 e. The molecule has 0 saturated carbocycles. The summed E-state index contributed by atoms with van der Waals surface area (Å²) in [4.78, 5) is 21.0. The van der Waals surface area contributed by atoms with Crippen molar-refractivity contribution in [3.05, 3.63) is 23.3 Å². The largest absolute Gasteiger partial charge is 0.507 e. The van der Waals surface area contributed by atoms with Gasteiger partial charge < -0.3 is 21.1 Å². The van der Waals surface area contributed by atoms with Crippen LogP contribution < -0.4 is 5.73 Å². The Kier molecular flexibility index (Phi) is 2.29. The van der Waals surface area contributed by atoms with Gasteiger partial charge >= 0.3 is 11.9 Å². The minimum absolute atomic E-state index is 0.201. The number of aromatic hydroxyl groups is 1. The number of carbonyl (C=O) groups is 2. The number of carboxylic acids is 2. The highest BCUT2D eigenvalue weighted by Crippen LogP contribution is 2.24. The number of carboxylic acid groups (broad SMARTS) is 2. The third-order valence-corrected chi connectivity index (χ3v) is 1.63. The minimum Gasteiger partial charge on any atom is -0.507 e. The molecule has 0 aliphatic rings. The molecular weight excluding hydrogens is 190 g/mol. The summed E-state index contributed by atoms with van der Waals surface area (Å²) in [6.07, 6.45) is 0. The van der Waals surface area contributed by atoms with Gasteiger partial charge in [0, 0.05) is 5.69 Å². The molecule has 0 atom stereocenters. The molecular formula is C8H7NO5. The van der Waals surface area contributed by atoms with Crippen molar-refractivity contribution >= 4 is 17.6 Å². The smallest absolute Gasteiger partial charge is 0.339 e. The lowest BCUT2D eigenvalue weighted by Crippen LogP contribution is -2.05. The predicted octanol–water partition coefficient (Wildman–Crippen LogP) is 0.371. The first-order valence-corrected chi connectivity index (χ1v) is 3.52. The van der Waals surface area contributed by atoms with Crippen LogP contribution in [0.3, 0.4) is 0 Å². The van der Waals surface area contributed by atoms with Crippen LogP contribution in [-0.2, 0) is 0 Å². The van der Waals surface area contributed by atoms with Crippen molar-refractivity contribution in [3.8, 4) is 5.75 Å². The van der Waals surface area contributed by atoms with Crippen LogP contribution in [0.15, 0.2) is 12.1 Å². The van der Waals surface area contributed by atoms with Crippen LogP contribution >= 0.6 is 0 Å². The Hall–Kier alpha value is -2.24. The van der Waals surface area contributed by atoms with E-state index < -0.39 is 23.3 Å². The number of hydrogen-bond acceptors (Lipinski definition) is 4. The summed E-state index contributed by atoms with van der Waals surface area (Å²) < 4.78 is 0. The van der Waals surface area contributed by atoms with Crippen LogP contribution in [0.5, 0.6) is 5.75 Å². The molecule has 1 aromatic carbocycles. The molecule has 0 heterocycles. The van der Waals surface area contributed by atoms with Crippen LogP contribution in [-0.4, -0.2) is 27.3 Å². The first-order valence-electron chi connectivity index (χ1n) is 3.52. The summed E-state index contributed by atoms with van der Waals surface area (Å²) in [7, 11) is 0. The average molecular weight is 197 g/mol. The molecule has 0 fully saturated rings. The van der Waals surface area contributed by atoms with E-state index in [1.807, 2.05) is 0 Å². The van der Waals surface area contributed by atoms with Gasteiger partial charge in [0.15, 0.2) is 0 Å². The monoisotopic (exact) mass is 197 g/mol. The van der Waals surface area contributed by atoms with Gasteiger partial charge in [-0.1, -0.05) is 0 Å². The molecule has 0 amide bonds. The van der Waals surface area contributed by atoms with Gasteiger partial charge in [0.05, 0.1) is 5.56 Å². The van der Waals surface area contributed by atoms with Crippen molar-refractivity contribution in [2.75, 3.05) is 5.73 Å². The standard InChI is InChI=1S/C8H7NO5/c9-5-1-4(8(13)14)6(10)2-3(5)7(11)12/h1-2,10H,9H2,(H,11,12)(H,13,14). The van der Waals surface area contributed by atoms with Crippen molar-refractivity contribution in [2.45, 2.75) is 0 Å². The maximum atomic E-state index is 10.5. The number of aromatic carboxylic acids is 2. The molecule has 6 nitrogen and oxygen atoms in total. The topological polar surface area (TPSA) is 121 Å². The molecule has 0 aliphatic carbocycles. The van der Waals surface area contributed by atoms with E-state index in [0.29, 0.717) is 0 Å². The van der Waals surface area contributed by atoms with Gasteiger partial charge in [0.2, 0.25) is 0 Å². The van der Waals surface area contributed by atoms with Crippen LogP contribution in [0.2, 0.25) is 0 Å². The summed E-state index contributed by atoms with van der Waals surface area (Å²) in [5, 5.41) is 26.3. The molecule has 0 aliphatic heterocycles. The number of hydrogen-bond donors (Lipinski definition) is 4. The first-order chi connectivity index (χ1) is 6.43. The average Bonchev–Trinajstić information content (AvgIpc) is 2.07. The van der Waals surface area contributed by atoms with E-state index in [-0.39, 0.29) is 11.3 Å². The third-order valence-electron chi connectivity index (χ3n) is 1.63. The van der Waals surface area contributed by atoms with Crippen molar-refractivity contribution < 1.29 is 24.9 Å². The van der Waals surface area contributed by atoms with Gasteiger partial charge in [0.1, 0.15) is 11.3 Å². The molecule has 0 bridgehead atoms. The lowest BCUT2D eigenvalue weighted by atomic mass is 10.1. The molecule has 6 heteroatoms. The fourth-order valence-corrected chi connectivity index (χ4v) is 0.962. The summed E-state index contributed by atoms with van der Waals surface area (Å²) in [5.41, 5.74) is 4.32. The molecule has 0 unspecified atom stereocenters. The first kappa shape index (κ1) is 9.85. The van der Waals surface area contributed by atoms with Crippen LogP contribution in [0, 0.1) is 0 Å². The summed E-state index contributed by atoms with van der Waals surface area (Å²) >= 11 is 0. The SMILES string of the molecule is Nc1cc(C(=O)O)c(O)cc1C(=O)O. The normalized spacial score (nSPS) is 9.71. The summed E-state index contributed by atoms with van der Waals surface area (Å²) in [6.45, 7) is 0. The summed E-state index contributed by atoms with van der Waals surface area (Å²) in [5.74, 6) is -3.31. The van der Waals surface area contributed by atoms with E-state index in [0.717, 1.165) is 12.1 Å². The molecule has 5 N–H and O–H groups in total. The van der Waals surface area contributed by atoms with E-state index in [1.165, 1.54) is 0 Å². The summed E-state index contributed by atoms with van der Waals surface area (Å²) in [6, 6.07) is 1.71. The van der Waals surface area contributed by atoms with Gasteiger partial charge in [-0.25, -0.2) is 9.59 Å². The second-order valence-electron chi connectivity index (χ2n) is 2.57.